The topological polar surface area (TPSA) is 79.5 Å². The third-order valence-corrected chi connectivity index (χ3v) is 4.17. The lowest BCUT2D eigenvalue weighted by Crippen LogP contribution is -2.31. The lowest BCUT2D eigenvalue weighted by atomic mass is 10.3. The van der Waals surface area contributed by atoms with Gasteiger partial charge in [0.15, 0.2) is 5.13 Å². The number of anilines is 2. The van der Waals surface area contributed by atoms with Crippen LogP contribution in [0.5, 0.6) is 5.75 Å². The second kappa shape index (κ2) is 4.55. The van der Waals surface area contributed by atoms with Crippen molar-refractivity contribution in [2.45, 2.75) is 18.8 Å². The number of aromatic nitrogens is 1. The molecule has 0 radical (unpaired) electrons. The molecule has 0 atom stereocenters. The largest absolute Gasteiger partial charge is 0.506 e. The van der Waals surface area contributed by atoms with Crippen LogP contribution in [0.1, 0.15) is 23.6 Å². The van der Waals surface area contributed by atoms with E-state index in [9.17, 15) is 9.90 Å². The Balaban J connectivity index is 2.00. The van der Waals surface area contributed by atoms with Crippen molar-refractivity contribution in [1.29, 1.82) is 0 Å². The first-order valence-electron chi connectivity index (χ1n) is 6.00. The Bertz CT molecular complexity index is 622. The number of carbonyl (C=O) groups excluding carboxylic acids is 1. The fourth-order valence-electron chi connectivity index (χ4n) is 1.91. The highest BCUT2D eigenvalue weighted by Gasteiger charge is 2.28. The number of aromatic hydroxyl groups is 1. The Morgan fingerprint density at radius 2 is 2.16 bits per heavy atom. The van der Waals surface area contributed by atoms with E-state index in [-0.39, 0.29) is 5.75 Å². The minimum absolute atomic E-state index is 0.00414. The number of phenols is 1. The summed E-state index contributed by atoms with van der Waals surface area (Å²) in [6, 6.07) is 5.92. The van der Waals surface area contributed by atoms with Crippen LogP contribution in [0, 0.1) is 0 Å². The summed E-state index contributed by atoms with van der Waals surface area (Å²) in [5.41, 5.74) is 5.77. The van der Waals surface area contributed by atoms with Crippen LogP contribution in [0.4, 0.5) is 15.6 Å². The molecule has 19 heavy (non-hydrogen) atoms. The van der Waals surface area contributed by atoms with Crippen molar-refractivity contribution in [3.05, 3.63) is 35.3 Å². The Morgan fingerprint density at radius 1 is 1.42 bits per heavy atom. The molecular formula is C13H13N3O2S. The first kappa shape index (κ1) is 12.0. The third kappa shape index (κ3) is 2.26. The van der Waals surface area contributed by atoms with Crippen molar-refractivity contribution in [2.75, 3.05) is 4.90 Å². The number of rotatable bonds is 3. The number of nitrogens with two attached hydrogens (primary N) is 1. The van der Waals surface area contributed by atoms with E-state index in [0.717, 1.165) is 4.88 Å². The number of para-hydroxylation sites is 2. The minimum Gasteiger partial charge on any atom is -0.506 e. The van der Waals surface area contributed by atoms with Gasteiger partial charge in [-0.2, -0.15) is 0 Å². The average molecular weight is 275 g/mol. The molecule has 5 nitrogen and oxygen atoms in total. The molecule has 2 aromatic rings. The highest BCUT2D eigenvalue weighted by Crippen LogP contribution is 2.45. The zero-order chi connectivity index (χ0) is 13.4. The van der Waals surface area contributed by atoms with Crippen LogP contribution < -0.4 is 10.6 Å². The first-order chi connectivity index (χ1) is 9.16. The molecule has 3 N–H and O–H groups in total. The van der Waals surface area contributed by atoms with Crippen LogP contribution in [0.25, 0.3) is 0 Å². The van der Waals surface area contributed by atoms with E-state index in [4.69, 9.17) is 5.73 Å². The number of phenolic OH excluding ortho intramolecular Hbond substituents is 1. The van der Waals surface area contributed by atoms with Gasteiger partial charge in [0.1, 0.15) is 5.75 Å². The number of nitrogens with zero attached hydrogens (tertiary/aromatic N) is 2. The molecule has 1 aromatic carbocycles. The predicted octanol–water partition coefficient (Wildman–Crippen LogP) is 2.94. The Hall–Kier alpha value is -2.08. The summed E-state index contributed by atoms with van der Waals surface area (Å²) < 4.78 is 0. The van der Waals surface area contributed by atoms with Gasteiger partial charge in [-0.25, -0.2) is 14.7 Å². The number of primary amides is 1. The Morgan fingerprint density at radius 3 is 2.79 bits per heavy atom. The second-order valence-electron chi connectivity index (χ2n) is 4.48. The summed E-state index contributed by atoms with van der Waals surface area (Å²) in [7, 11) is 0. The van der Waals surface area contributed by atoms with E-state index in [1.54, 1.807) is 24.4 Å². The summed E-state index contributed by atoms with van der Waals surface area (Å²) in [5, 5.41) is 10.3. The molecule has 2 amide bonds. The Kier molecular flexibility index (Phi) is 2.87. The van der Waals surface area contributed by atoms with Gasteiger partial charge in [0, 0.05) is 11.1 Å². The first-order valence-corrected chi connectivity index (χ1v) is 6.81. The van der Waals surface area contributed by atoms with E-state index in [1.807, 2.05) is 0 Å². The maximum absolute atomic E-state index is 11.7. The monoisotopic (exact) mass is 275 g/mol. The van der Waals surface area contributed by atoms with Crippen LogP contribution in [0.3, 0.4) is 0 Å². The van der Waals surface area contributed by atoms with Crippen molar-refractivity contribution >= 4 is 28.2 Å². The SMILES string of the molecule is NC(=O)N(c1ncc(C2CC2)s1)c1ccccc1O. The standard InChI is InChI=1S/C13H13N3O2S/c14-12(18)16(9-3-1-2-4-10(9)17)13-15-7-11(19-13)8-5-6-8/h1-4,7-8,17H,5-6H2,(H2,14,18). The van der Waals surface area contributed by atoms with E-state index in [2.05, 4.69) is 4.98 Å². The van der Waals surface area contributed by atoms with Gasteiger partial charge in [-0.15, -0.1) is 11.3 Å². The molecule has 1 aromatic heterocycles. The van der Waals surface area contributed by atoms with Gasteiger partial charge >= 0.3 is 6.03 Å². The van der Waals surface area contributed by atoms with E-state index >= 15 is 0 Å². The molecule has 3 rings (SSSR count). The van der Waals surface area contributed by atoms with Crippen molar-refractivity contribution in [2.24, 2.45) is 5.73 Å². The summed E-state index contributed by atoms with van der Waals surface area (Å²) >= 11 is 1.45. The predicted molar refractivity (Wildman–Crippen MR) is 73.9 cm³/mol. The fourth-order valence-corrected chi connectivity index (χ4v) is 3.01. The molecule has 0 spiro atoms. The zero-order valence-electron chi connectivity index (χ0n) is 10.1. The smallest absolute Gasteiger partial charge is 0.325 e. The molecule has 1 aliphatic rings. The molecule has 98 valence electrons. The summed E-state index contributed by atoms with van der Waals surface area (Å²) in [5.74, 6) is 0.579. The minimum atomic E-state index is -0.654. The van der Waals surface area contributed by atoms with Crippen LogP contribution >= 0.6 is 11.3 Å². The highest BCUT2D eigenvalue weighted by molar-refractivity contribution is 7.16. The van der Waals surface area contributed by atoms with Crippen LogP contribution in [-0.2, 0) is 0 Å². The van der Waals surface area contributed by atoms with Gasteiger partial charge in [0.2, 0.25) is 0 Å². The molecule has 0 aliphatic heterocycles. The van der Waals surface area contributed by atoms with Gasteiger partial charge < -0.3 is 10.8 Å². The van der Waals surface area contributed by atoms with Crippen molar-refractivity contribution in [3.8, 4) is 5.75 Å². The fraction of sp³-hybridized carbons (Fsp3) is 0.231. The van der Waals surface area contributed by atoms with Gasteiger partial charge in [-0.05, 0) is 30.9 Å². The van der Waals surface area contributed by atoms with Crippen LogP contribution in [-0.4, -0.2) is 16.1 Å². The van der Waals surface area contributed by atoms with Crippen LogP contribution in [0.2, 0.25) is 0 Å². The number of thiazole rings is 1. The number of amides is 2. The number of benzene rings is 1. The molecule has 1 fully saturated rings. The quantitative estimate of drug-likeness (QED) is 0.903. The van der Waals surface area contributed by atoms with Gasteiger partial charge in [0.05, 0.1) is 5.69 Å². The molecule has 0 bridgehead atoms. The van der Waals surface area contributed by atoms with Crippen molar-refractivity contribution in [3.63, 3.8) is 0 Å². The normalized spacial score (nSPS) is 14.3. The number of urea groups is 1. The third-order valence-electron chi connectivity index (χ3n) is 3.03. The average Bonchev–Trinajstić information content (AvgIpc) is 3.12. The van der Waals surface area contributed by atoms with Crippen LogP contribution in [0.15, 0.2) is 30.5 Å². The van der Waals surface area contributed by atoms with Crippen molar-refractivity contribution < 1.29 is 9.90 Å². The van der Waals surface area contributed by atoms with Crippen molar-refractivity contribution in [1.82, 2.24) is 4.98 Å². The molecular weight excluding hydrogens is 262 g/mol. The summed E-state index contributed by atoms with van der Waals surface area (Å²) in [6.07, 6.45) is 4.14. The second-order valence-corrected chi connectivity index (χ2v) is 5.52. The molecule has 1 aliphatic carbocycles. The molecule has 6 heteroatoms. The lowest BCUT2D eigenvalue weighted by Gasteiger charge is -2.18. The van der Waals surface area contributed by atoms with Gasteiger partial charge in [0.25, 0.3) is 0 Å². The van der Waals surface area contributed by atoms with Gasteiger partial charge in [-0.1, -0.05) is 12.1 Å². The molecule has 0 saturated heterocycles. The number of hydrogen-bond acceptors (Lipinski definition) is 4. The number of carbonyl (C=O) groups is 1. The maximum atomic E-state index is 11.7. The summed E-state index contributed by atoms with van der Waals surface area (Å²) in [6.45, 7) is 0. The molecule has 0 unspecified atom stereocenters. The summed E-state index contributed by atoms with van der Waals surface area (Å²) in [4.78, 5) is 18.3. The van der Waals surface area contributed by atoms with Gasteiger partial charge in [-0.3, -0.25) is 0 Å². The van der Waals surface area contributed by atoms with E-state index in [0.29, 0.717) is 16.7 Å². The van der Waals surface area contributed by atoms with E-state index < -0.39 is 6.03 Å². The van der Waals surface area contributed by atoms with E-state index in [1.165, 1.54) is 35.1 Å². The zero-order valence-corrected chi connectivity index (χ0v) is 10.9. The molecule has 1 saturated carbocycles. The lowest BCUT2D eigenvalue weighted by molar-refractivity contribution is 0.256. The molecule has 1 heterocycles. The maximum Gasteiger partial charge on any atom is 0.325 e. The Labute approximate surface area is 114 Å². The highest BCUT2D eigenvalue weighted by atomic mass is 32.1. The number of hydrogen-bond donors (Lipinski definition) is 2.